The SMILES string of the molecule is Cc1ncsc1CN(C)S(=O)(=O)c1cc([N+](=O)[O-])cc(Cl)c1Cl. The molecule has 0 aliphatic rings. The van der Waals surface area contributed by atoms with Crippen LogP contribution in [0.3, 0.4) is 0 Å². The summed E-state index contributed by atoms with van der Waals surface area (Å²) >= 11 is 13.1. The largest absolute Gasteiger partial charge is 0.272 e. The molecule has 0 saturated carbocycles. The minimum absolute atomic E-state index is 0.0788. The van der Waals surface area contributed by atoms with Gasteiger partial charge in [0.25, 0.3) is 5.69 Å². The van der Waals surface area contributed by atoms with Gasteiger partial charge in [0.05, 0.1) is 26.2 Å². The van der Waals surface area contributed by atoms with Crippen LogP contribution in [0, 0.1) is 17.0 Å². The molecule has 2 aromatic rings. The summed E-state index contributed by atoms with van der Waals surface area (Å²) in [6.45, 7) is 1.85. The Morgan fingerprint density at radius 3 is 2.57 bits per heavy atom. The van der Waals surface area contributed by atoms with Gasteiger partial charge in [0.15, 0.2) is 0 Å². The van der Waals surface area contributed by atoms with E-state index in [1.165, 1.54) is 18.4 Å². The minimum atomic E-state index is -4.05. The molecule has 0 aliphatic carbocycles. The fraction of sp³-hybridized carbons (Fsp3) is 0.250. The first-order valence-corrected chi connectivity index (χ1v) is 9.21. The van der Waals surface area contributed by atoms with Crippen LogP contribution in [0.2, 0.25) is 10.0 Å². The second-order valence-electron chi connectivity index (χ2n) is 4.62. The Balaban J connectivity index is 2.47. The lowest BCUT2D eigenvalue weighted by atomic mass is 10.3. The number of nitrogens with zero attached hydrogens (tertiary/aromatic N) is 3. The summed E-state index contributed by atoms with van der Waals surface area (Å²) in [5.74, 6) is 0. The van der Waals surface area contributed by atoms with E-state index in [-0.39, 0.29) is 16.6 Å². The highest BCUT2D eigenvalue weighted by molar-refractivity contribution is 7.89. The van der Waals surface area contributed by atoms with Crippen LogP contribution in [0.5, 0.6) is 0 Å². The predicted molar refractivity (Wildman–Crippen MR) is 88.6 cm³/mol. The Hall–Kier alpha value is -1.26. The molecule has 124 valence electrons. The minimum Gasteiger partial charge on any atom is -0.258 e. The van der Waals surface area contributed by atoms with Gasteiger partial charge in [-0.25, -0.2) is 13.4 Å². The van der Waals surface area contributed by atoms with Gasteiger partial charge in [0, 0.05) is 30.6 Å². The maximum atomic E-state index is 12.7. The van der Waals surface area contributed by atoms with E-state index >= 15 is 0 Å². The van der Waals surface area contributed by atoms with Crippen molar-refractivity contribution in [3.8, 4) is 0 Å². The molecule has 0 radical (unpaired) electrons. The molecule has 23 heavy (non-hydrogen) atoms. The molecular formula is C12H11Cl2N3O4S2. The van der Waals surface area contributed by atoms with Gasteiger partial charge in [0.2, 0.25) is 10.0 Å². The van der Waals surface area contributed by atoms with Gasteiger partial charge < -0.3 is 0 Å². The number of halogens is 2. The molecule has 0 saturated heterocycles. The van der Waals surface area contributed by atoms with Crippen LogP contribution in [-0.2, 0) is 16.6 Å². The summed E-state index contributed by atoms with van der Waals surface area (Å²) in [4.78, 5) is 14.6. The summed E-state index contributed by atoms with van der Waals surface area (Å²) in [6, 6.07) is 1.91. The number of nitro benzene ring substituents is 1. The van der Waals surface area contributed by atoms with Crippen molar-refractivity contribution < 1.29 is 13.3 Å². The molecule has 0 unspecified atom stereocenters. The van der Waals surface area contributed by atoms with Crippen molar-refractivity contribution in [3.05, 3.63) is 48.4 Å². The van der Waals surface area contributed by atoms with Gasteiger partial charge >= 0.3 is 0 Å². The van der Waals surface area contributed by atoms with E-state index in [9.17, 15) is 18.5 Å². The average Bonchev–Trinajstić information content (AvgIpc) is 2.86. The zero-order valence-electron chi connectivity index (χ0n) is 12.0. The van der Waals surface area contributed by atoms with E-state index < -0.39 is 25.5 Å². The normalized spacial score (nSPS) is 11.9. The zero-order chi connectivity index (χ0) is 17.4. The lowest BCUT2D eigenvalue weighted by Gasteiger charge is -2.17. The number of thiazole rings is 1. The Bertz CT molecular complexity index is 867. The molecule has 1 heterocycles. The monoisotopic (exact) mass is 395 g/mol. The molecule has 0 atom stereocenters. The summed E-state index contributed by atoms with van der Waals surface area (Å²) in [6.07, 6.45) is 0. The summed E-state index contributed by atoms with van der Waals surface area (Å²) in [5, 5.41) is 10.5. The van der Waals surface area contributed by atoms with E-state index in [1.807, 2.05) is 0 Å². The molecule has 1 aromatic carbocycles. The maximum Gasteiger partial charge on any atom is 0.272 e. The van der Waals surface area contributed by atoms with E-state index in [1.54, 1.807) is 12.4 Å². The highest BCUT2D eigenvalue weighted by Gasteiger charge is 2.28. The topological polar surface area (TPSA) is 93.4 Å². The van der Waals surface area contributed by atoms with Gasteiger partial charge in [-0.15, -0.1) is 11.3 Å². The lowest BCUT2D eigenvalue weighted by molar-refractivity contribution is -0.385. The highest BCUT2D eigenvalue weighted by atomic mass is 35.5. The molecule has 0 amide bonds. The first kappa shape index (κ1) is 18.1. The third kappa shape index (κ3) is 3.64. The van der Waals surface area contributed by atoms with Crippen molar-refractivity contribution in [2.75, 3.05) is 7.05 Å². The highest BCUT2D eigenvalue weighted by Crippen LogP contribution is 2.35. The van der Waals surface area contributed by atoms with Crippen molar-refractivity contribution in [2.45, 2.75) is 18.4 Å². The van der Waals surface area contributed by atoms with Crippen molar-refractivity contribution in [1.29, 1.82) is 0 Å². The van der Waals surface area contributed by atoms with Crippen molar-refractivity contribution in [1.82, 2.24) is 9.29 Å². The lowest BCUT2D eigenvalue weighted by Crippen LogP contribution is -2.26. The van der Waals surface area contributed by atoms with Gasteiger partial charge in [-0.3, -0.25) is 10.1 Å². The molecule has 0 aliphatic heterocycles. The number of sulfonamides is 1. The van der Waals surface area contributed by atoms with Crippen molar-refractivity contribution in [2.24, 2.45) is 0 Å². The van der Waals surface area contributed by atoms with E-state index in [4.69, 9.17) is 23.2 Å². The molecule has 11 heteroatoms. The zero-order valence-corrected chi connectivity index (χ0v) is 15.1. The van der Waals surface area contributed by atoms with Crippen LogP contribution in [0.1, 0.15) is 10.6 Å². The smallest absolute Gasteiger partial charge is 0.258 e. The second kappa shape index (κ2) is 6.70. The van der Waals surface area contributed by atoms with Crippen LogP contribution in [0.15, 0.2) is 22.5 Å². The van der Waals surface area contributed by atoms with Crippen LogP contribution in [-0.4, -0.2) is 29.7 Å². The third-order valence-electron chi connectivity index (χ3n) is 3.09. The molecule has 0 fully saturated rings. The molecule has 7 nitrogen and oxygen atoms in total. The Morgan fingerprint density at radius 1 is 1.39 bits per heavy atom. The Morgan fingerprint density at radius 2 is 2.04 bits per heavy atom. The number of nitro groups is 1. The standard InChI is InChI=1S/C12H11Cl2N3O4S2/c1-7-10(22-6-15-7)5-16(2)23(20,21)11-4-8(17(18)19)3-9(13)12(11)14/h3-4,6H,5H2,1-2H3. The summed E-state index contributed by atoms with van der Waals surface area (Å²) < 4.78 is 26.4. The molecule has 0 bridgehead atoms. The van der Waals surface area contributed by atoms with E-state index in [0.717, 1.165) is 27.0 Å². The number of aromatic nitrogens is 1. The molecule has 0 spiro atoms. The summed E-state index contributed by atoms with van der Waals surface area (Å²) in [7, 11) is -2.69. The Kier molecular flexibility index (Phi) is 5.27. The second-order valence-corrected chi connectivity index (χ2v) is 8.36. The van der Waals surface area contributed by atoms with E-state index in [0.29, 0.717) is 0 Å². The first-order valence-electron chi connectivity index (χ1n) is 6.13. The number of hydrogen-bond donors (Lipinski definition) is 0. The maximum absolute atomic E-state index is 12.7. The third-order valence-corrected chi connectivity index (χ3v) is 6.75. The molecule has 2 rings (SSSR count). The molecule has 1 aromatic heterocycles. The van der Waals surface area contributed by atoms with Gasteiger partial charge in [-0.05, 0) is 6.92 Å². The summed E-state index contributed by atoms with van der Waals surface area (Å²) in [5.41, 5.74) is 1.89. The number of hydrogen-bond acceptors (Lipinski definition) is 6. The predicted octanol–water partition coefficient (Wildman–Crippen LogP) is 3.49. The van der Waals surface area contributed by atoms with Gasteiger partial charge in [-0.1, -0.05) is 23.2 Å². The number of non-ortho nitro benzene ring substituents is 1. The fourth-order valence-corrected chi connectivity index (χ4v) is 4.60. The van der Waals surface area contributed by atoms with Gasteiger partial charge in [-0.2, -0.15) is 4.31 Å². The Labute approximate surface area is 146 Å². The van der Waals surface area contributed by atoms with Crippen LogP contribution >= 0.6 is 34.5 Å². The van der Waals surface area contributed by atoms with Crippen LogP contribution in [0.25, 0.3) is 0 Å². The molecular weight excluding hydrogens is 385 g/mol. The quantitative estimate of drug-likeness (QED) is 0.570. The van der Waals surface area contributed by atoms with Gasteiger partial charge in [0.1, 0.15) is 4.90 Å². The van der Waals surface area contributed by atoms with E-state index in [2.05, 4.69) is 4.98 Å². The van der Waals surface area contributed by atoms with Crippen molar-refractivity contribution >= 4 is 50.2 Å². The van der Waals surface area contributed by atoms with Crippen LogP contribution < -0.4 is 0 Å². The average molecular weight is 396 g/mol. The van der Waals surface area contributed by atoms with Crippen molar-refractivity contribution in [3.63, 3.8) is 0 Å². The number of benzene rings is 1. The number of aryl methyl sites for hydroxylation is 1. The van der Waals surface area contributed by atoms with Crippen LogP contribution in [0.4, 0.5) is 5.69 Å². The number of rotatable bonds is 5. The molecule has 0 N–H and O–H groups in total. The first-order chi connectivity index (χ1) is 10.6. The fourth-order valence-electron chi connectivity index (χ4n) is 1.78.